The standard InChI is InChI=1S/C16H16N2O4/c17-9-8-15(19)18-13(16(20)21)10-12-6-7-14(22-12)11-4-2-1-3-5-11/h1-7,10H,8-9,17H2,(H,18,19)(H,20,21)/b13-10+. The van der Waals surface area contributed by atoms with E-state index < -0.39 is 11.9 Å². The minimum atomic E-state index is -1.25. The smallest absolute Gasteiger partial charge is 0.352 e. The number of carbonyl (C=O) groups is 2. The van der Waals surface area contributed by atoms with Gasteiger partial charge in [-0.1, -0.05) is 30.3 Å². The van der Waals surface area contributed by atoms with E-state index in [4.69, 9.17) is 15.3 Å². The molecule has 0 spiro atoms. The Balaban J connectivity index is 2.20. The zero-order valence-electron chi connectivity index (χ0n) is 11.8. The molecule has 0 saturated carbocycles. The van der Waals surface area contributed by atoms with Crippen LogP contribution >= 0.6 is 0 Å². The lowest BCUT2D eigenvalue weighted by molar-refractivity contribution is -0.134. The maximum atomic E-state index is 11.4. The predicted molar refractivity (Wildman–Crippen MR) is 81.6 cm³/mol. The van der Waals surface area contributed by atoms with Gasteiger partial charge < -0.3 is 20.6 Å². The van der Waals surface area contributed by atoms with Gasteiger partial charge in [-0.25, -0.2) is 4.79 Å². The molecule has 114 valence electrons. The molecule has 0 aliphatic heterocycles. The molecule has 0 aliphatic rings. The van der Waals surface area contributed by atoms with E-state index in [9.17, 15) is 9.59 Å². The average molecular weight is 300 g/mol. The van der Waals surface area contributed by atoms with Crippen LogP contribution in [0.4, 0.5) is 0 Å². The Morgan fingerprint density at radius 1 is 1.18 bits per heavy atom. The molecule has 6 heteroatoms. The fourth-order valence-corrected chi connectivity index (χ4v) is 1.83. The van der Waals surface area contributed by atoms with Crippen LogP contribution < -0.4 is 11.1 Å². The van der Waals surface area contributed by atoms with Crippen LogP contribution in [0.1, 0.15) is 12.2 Å². The van der Waals surface area contributed by atoms with Crippen molar-refractivity contribution in [2.75, 3.05) is 6.54 Å². The van der Waals surface area contributed by atoms with Gasteiger partial charge >= 0.3 is 5.97 Å². The van der Waals surface area contributed by atoms with Gasteiger partial charge in [0, 0.05) is 24.6 Å². The van der Waals surface area contributed by atoms with Crippen LogP contribution in [0.3, 0.4) is 0 Å². The van der Waals surface area contributed by atoms with Gasteiger partial charge in [0.2, 0.25) is 5.91 Å². The minimum absolute atomic E-state index is 0.0536. The van der Waals surface area contributed by atoms with Crippen molar-refractivity contribution in [3.8, 4) is 11.3 Å². The van der Waals surface area contributed by atoms with E-state index in [-0.39, 0.29) is 18.7 Å². The molecular formula is C16H16N2O4. The fourth-order valence-electron chi connectivity index (χ4n) is 1.83. The summed E-state index contributed by atoms with van der Waals surface area (Å²) >= 11 is 0. The summed E-state index contributed by atoms with van der Waals surface area (Å²) in [6.07, 6.45) is 1.32. The average Bonchev–Trinajstić information content (AvgIpc) is 2.96. The molecule has 1 heterocycles. The third-order valence-electron chi connectivity index (χ3n) is 2.85. The van der Waals surface area contributed by atoms with E-state index in [0.29, 0.717) is 11.5 Å². The van der Waals surface area contributed by atoms with Gasteiger partial charge in [0.05, 0.1) is 0 Å². The summed E-state index contributed by atoms with van der Waals surface area (Å²) in [6, 6.07) is 12.8. The van der Waals surface area contributed by atoms with Crippen molar-refractivity contribution in [3.05, 3.63) is 53.9 Å². The monoisotopic (exact) mass is 300 g/mol. The van der Waals surface area contributed by atoms with E-state index in [2.05, 4.69) is 5.32 Å². The second-order valence-corrected chi connectivity index (χ2v) is 4.52. The summed E-state index contributed by atoms with van der Waals surface area (Å²) < 4.78 is 5.58. The topological polar surface area (TPSA) is 106 Å². The van der Waals surface area contributed by atoms with Crippen molar-refractivity contribution in [2.24, 2.45) is 5.73 Å². The zero-order valence-corrected chi connectivity index (χ0v) is 11.8. The number of aliphatic carboxylic acids is 1. The van der Waals surface area contributed by atoms with Gasteiger partial charge in [-0.2, -0.15) is 0 Å². The molecule has 1 amide bonds. The Labute approximate surface area is 127 Å². The summed E-state index contributed by atoms with van der Waals surface area (Å²) in [6.45, 7) is 0.150. The number of rotatable bonds is 6. The highest BCUT2D eigenvalue weighted by atomic mass is 16.4. The molecule has 0 bridgehead atoms. The second-order valence-electron chi connectivity index (χ2n) is 4.52. The minimum Gasteiger partial charge on any atom is -0.477 e. The number of hydrogen-bond donors (Lipinski definition) is 3. The Kier molecular flexibility index (Phi) is 5.11. The van der Waals surface area contributed by atoms with Gasteiger partial charge in [-0.15, -0.1) is 0 Å². The number of nitrogens with one attached hydrogen (secondary N) is 1. The van der Waals surface area contributed by atoms with E-state index in [1.165, 1.54) is 6.08 Å². The second kappa shape index (κ2) is 7.24. The first-order valence-electron chi connectivity index (χ1n) is 6.70. The van der Waals surface area contributed by atoms with Crippen LogP contribution in [0.2, 0.25) is 0 Å². The number of carbonyl (C=O) groups excluding carboxylic acids is 1. The largest absolute Gasteiger partial charge is 0.477 e. The molecule has 2 rings (SSSR count). The first-order valence-corrected chi connectivity index (χ1v) is 6.70. The number of carboxylic acids is 1. The lowest BCUT2D eigenvalue weighted by Crippen LogP contribution is -2.28. The summed E-state index contributed by atoms with van der Waals surface area (Å²) in [5.41, 5.74) is 5.88. The lowest BCUT2D eigenvalue weighted by Gasteiger charge is -2.04. The molecule has 22 heavy (non-hydrogen) atoms. The summed E-state index contributed by atoms with van der Waals surface area (Å²) in [7, 11) is 0. The highest BCUT2D eigenvalue weighted by molar-refractivity contribution is 5.96. The number of benzene rings is 1. The molecule has 1 aromatic carbocycles. The molecule has 0 saturated heterocycles. The Bertz CT molecular complexity index is 689. The van der Waals surface area contributed by atoms with Gasteiger partial charge in [0.25, 0.3) is 0 Å². The summed E-state index contributed by atoms with van der Waals surface area (Å²) in [5.74, 6) is -0.747. The zero-order chi connectivity index (χ0) is 15.9. The van der Waals surface area contributed by atoms with Crippen molar-refractivity contribution in [1.82, 2.24) is 5.32 Å². The van der Waals surface area contributed by atoms with Crippen LogP contribution in [-0.2, 0) is 9.59 Å². The van der Waals surface area contributed by atoms with Crippen LogP contribution in [0, 0.1) is 0 Å². The van der Waals surface area contributed by atoms with E-state index in [1.807, 2.05) is 30.3 Å². The number of hydrogen-bond acceptors (Lipinski definition) is 4. The van der Waals surface area contributed by atoms with Crippen molar-refractivity contribution in [1.29, 1.82) is 0 Å². The van der Waals surface area contributed by atoms with Crippen LogP contribution in [0.15, 0.2) is 52.6 Å². The molecule has 6 nitrogen and oxygen atoms in total. The first kappa shape index (κ1) is 15.5. The van der Waals surface area contributed by atoms with Crippen molar-refractivity contribution in [3.63, 3.8) is 0 Å². The molecule has 0 fully saturated rings. The van der Waals surface area contributed by atoms with E-state index in [1.54, 1.807) is 12.1 Å². The molecule has 0 atom stereocenters. The SMILES string of the molecule is NCCC(=O)N/C(=C/c1ccc(-c2ccccc2)o1)C(=O)O. The van der Waals surface area contributed by atoms with Crippen LogP contribution in [0.25, 0.3) is 17.4 Å². The van der Waals surface area contributed by atoms with Crippen molar-refractivity contribution >= 4 is 18.0 Å². The van der Waals surface area contributed by atoms with Gasteiger partial charge in [-0.3, -0.25) is 4.79 Å². The number of carboxylic acid groups (broad SMARTS) is 1. The van der Waals surface area contributed by atoms with Gasteiger partial charge in [-0.05, 0) is 12.1 Å². The highest BCUT2D eigenvalue weighted by Gasteiger charge is 2.12. The van der Waals surface area contributed by atoms with Crippen LogP contribution in [-0.4, -0.2) is 23.5 Å². The highest BCUT2D eigenvalue weighted by Crippen LogP contribution is 2.22. The first-order chi connectivity index (χ1) is 10.6. The Hall–Kier alpha value is -2.86. The number of amides is 1. The molecule has 1 aromatic heterocycles. The summed E-state index contributed by atoms with van der Waals surface area (Å²) in [4.78, 5) is 22.6. The van der Waals surface area contributed by atoms with Gasteiger partial charge in [0.1, 0.15) is 17.2 Å². The number of nitrogens with two attached hydrogens (primary N) is 1. The maximum absolute atomic E-state index is 11.4. The van der Waals surface area contributed by atoms with Crippen molar-refractivity contribution in [2.45, 2.75) is 6.42 Å². The summed E-state index contributed by atoms with van der Waals surface area (Å²) in [5, 5.41) is 11.4. The quantitative estimate of drug-likeness (QED) is 0.706. The number of furan rings is 1. The molecule has 0 unspecified atom stereocenters. The third-order valence-corrected chi connectivity index (χ3v) is 2.85. The molecule has 4 N–H and O–H groups in total. The molecule has 2 aromatic rings. The van der Waals surface area contributed by atoms with Gasteiger partial charge in [0.15, 0.2) is 0 Å². The van der Waals surface area contributed by atoms with E-state index in [0.717, 1.165) is 5.56 Å². The normalized spacial score (nSPS) is 11.2. The molecule has 0 aliphatic carbocycles. The third kappa shape index (κ3) is 4.07. The van der Waals surface area contributed by atoms with E-state index >= 15 is 0 Å². The predicted octanol–water partition coefficient (Wildman–Crippen LogP) is 1.84. The van der Waals surface area contributed by atoms with Crippen LogP contribution in [0.5, 0.6) is 0 Å². The lowest BCUT2D eigenvalue weighted by atomic mass is 10.2. The molecule has 0 radical (unpaired) electrons. The maximum Gasteiger partial charge on any atom is 0.352 e. The fraction of sp³-hybridized carbons (Fsp3) is 0.125. The Morgan fingerprint density at radius 3 is 2.55 bits per heavy atom. The van der Waals surface area contributed by atoms with Crippen molar-refractivity contribution < 1.29 is 19.1 Å². The Morgan fingerprint density at radius 2 is 1.91 bits per heavy atom. The molecular weight excluding hydrogens is 284 g/mol.